The highest BCUT2D eigenvalue weighted by atomic mass is 32.2. The van der Waals surface area contributed by atoms with E-state index in [1.807, 2.05) is 36.4 Å². The van der Waals surface area contributed by atoms with Gasteiger partial charge < -0.3 is 20.1 Å². The van der Waals surface area contributed by atoms with Crippen molar-refractivity contribution in [3.63, 3.8) is 0 Å². The van der Waals surface area contributed by atoms with Crippen LogP contribution in [0, 0.1) is 0 Å². The Morgan fingerprint density at radius 1 is 1.19 bits per heavy atom. The SMILES string of the molecule is COCCNC(=O)c1ccc2c(c1)NC(=O)/C(=C\c1ccc(OC)cc1)S2. The van der Waals surface area contributed by atoms with E-state index in [0.29, 0.717) is 29.3 Å². The van der Waals surface area contributed by atoms with E-state index >= 15 is 0 Å². The molecular formula is C20H20N2O4S. The Morgan fingerprint density at radius 2 is 1.96 bits per heavy atom. The van der Waals surface area contributed by atoms with Gasteiger partial charge in [-0.2, -0.15) is 0 Å². The fraction of sp³-hybridized carbons (Fsp3) is 0.200. The van der Waals surface area contributed by atoms with Crippen molar-refractivity contribution in [3.8, 4) is 5.75 Å². The van der Waals surface area contributed by atoms with E-state index in [2.05, 4.69) is 10.6 Å². The molecular weight excluding hydrogens is 364 g/mol. The van der Waals surface area contributed by atoms with E-state index in [4.69, 9.17) is 9.47 Å². The number of hydrogen-bond acceptors (Lipinski definition) is 5. The molecule has 7 heteroatoms. The van der Waals surface area contributed by atoms with Crippen molar-refractivity contribution in [2.75, 3.05) is 32.7 Å². The van der Waals surface area contributed by atoms with Gasteiger partial charge in [-0.05, 0) is 42.0 Å². The predicted molar refractivity (Wildman–Crippen MR) is 106 cm³/mol. The summed E-state index contributed by atoms with van der Waals surface area (Å²) in [6, 6.07) is 12.8. The minimum Gasteiger partial charge on any atom is -0.497 e. The standard InChI is InChI=1S/C20H20N2O4S/c1-25-10-9-21-19(23)14-5-8-17-16(12-14)22-20(24)18(27-17)11-13-3-6-15(26-2)7-4-13/h3-8,11-12H,9-10H2,1-2H3,(H,21,23)(H,22,24)/b18-11+. The van der Waals surface area contributed by atoms with Gasteiger partial charge in [-0.1, -0.05) is 23.9 Å². The number of carbonyl (C=O) groups excluding carboxylic acids is 2. The van der Waals surface area contributed by atoms with Crippen LogP contribution in [0.5, 0.6) is 5.75 Å². The number of rotatable bonds is 6. The largest absolute Gasteiger partial charge is 0.497 e. The highest BCUT2D eigenvalue weighted by molar-refractivity contribution is 8.04. The van der Waals surface area contributed by atoms with E-state index in [0.717, 1.165) is 16.2 Å². The predicted octanol–water partition coefficient (Wildman–Crippen LogP) is 3.16. The molecule has 1 heterocycles. The van der Waals surface area contributed by atoms with Crippen LogP contribution in [0.15, 0.2) is 52.3 Å². The van der Waals surface area contributed by atoms with E-state index in [1.54, 1.807) is 26.4 Å². The zero-order chi connectivity index (χ0) is 19.2. The maximum Gasteiger partial charge on any atom is 0.262 e. The number of anilines is 1. The number of benzene rings is 2. The molecule has 2 aromatic carbocycles. The highest BCUT2D eigenvalue weighted by Crippen LogP contribution is 2.39. The van der Waals surface area contributed by atoms with E-state index in [-0.39, 0.29) is 11.8 Å². The molecule has 0 saturated heterocycles. The second kappa shape index (κ2) is 8.75. The van der Waals surface area contributed by atoms with Gasteiger partial charge in [0.2, 0.25) is 0 Å². The Kier molecular flexibility index (Phi) is 6.16. The Bertz CT molecular complexity index is 878. The maximum atomic E-state index is 12.4. The zero-order valence-corrected chi connectivity index (χ0v) is 15.9. The lowest BCUT2D eigenvalue weighted by atomic mass is 10.1. The fourth-order valence-corrected chi connectivity index (χ4v) is 3.45. The fourth-order valence-electron chi connectivity index (χ4n) is 2.52. The summed E-state index contributed by atoms with van der Waals surface area (Å²) in [5, 5.41) is 5.62. The minimum absolute atomic E-state index is 0.194. The summed E-state index contributed by atoms with van der Waals surface area (Å²) >= 11 is 1.38. The van der Waals surface area contributed by atoms with Crippen LogP contribution in [-0.4, -0.2) is 39.2 Å². The summed E-state index contributed by atoms with van der Waals surface area (Å²) in [6.45, 7) is 0.880. The Hall–Kier alpha value is -2.77. The Labute approximate surface area is 161 Å². The van der Waals surface area contributed by atoms with Gasteiger partial charge in [0.05, 0.1) is 24.3 Å². The van der Waals surface area contributed by atoms with Crippen molar-refractivity contribution < 1.29 is 19.1 Å². The molecule has 3 rings (SSSR count). The van der Waals surface area contributed by atoms with Crippen molar-refractivity contribution in [1.82, 2.24) is 5.32 Å². The van der Waals surface area contributed by atoms with Crippen molar-refractivity contribution in [1.29, 1.82) is 0 Å². The maximum absolute atomic E-state index is 12.4. The smallest absolute Gasteiger partial charge is 0.262 e. The van der Waals surface area contributed by atoms with Crippen LogP contribution >= 0.6 is 11.8 Å². The van der Waals surface area contributed by atoms with Gasteiger partial charge in [0.15, 0.2) is 0 Å². The number of methoxy groups -OCH3 is 2. The summed E-state index contributed by atoms with van der Waals surface area (Å²) < 4.78 is 10.1. The van der Waals surface area contributed by atoms with Crippen LogP contribution in [0.2, 0.25) is 0 Å². The molecule has 1 aliphatic rings. The van der Waals surface area contributed by atoms with Gasteiger partial charge in [-0.15, -0.1) is 0 Å². The Morgan fingerprint density at radius 3 is 2.67 bits per heavy atom. The van der Waals surface area contributed by atoms with E-state index in [9.17, 15) is 9.59 Å². The zero-order valence-electron chi connectivity index (χ0n) is 15.1. The first-order chi connectivity index (χ1) is 13.1. The molecule has 0 aliphatic carbocycles. The molecule has 2 N–H and O–H groups in total. The molecule has 0 unspecified atom stereocenters. The second-order valence-electron chi connectivity index (χ2n) is 5.80. The van der Waals surface area contributed by atoms with E-state index < -0.39 is 0 Å². The number of hydrogen-bond donors (Lipinski definition) is 2. The molecule has 0 bridgehead atoms. The molecule has 6 nitrogen and oxygen atoms in total. The molecule has 1 aliphatic heterocycles. The quantitative estimate of drug-likeness (QED) is 0.591. The van der Waals surface area contributed by atoms with Gasteiger partial charge in [-0.25, -0.2) is 0 Å². The number of ether oxygens (including phenoxy) is 2. The lowest BCUT2D eigenvalue weighted by Gasteiger charge is -2.19. The minimum atomic E-state index is -0.200. The normalized spacial score (nSPS) is 14.4. The third-order valence-electron chi connectivity index (χ3n) is 3.94. The van der Waals surface area contributed by atoms with Crippen LogP contribution in [0.1, 0.15) is 15.9 Å². The van der Waals surface area contributed by atoms with Gasteiger partial charge >= 0.3 is 0 Å². The third-order valence-corrected chi connectivity index (χ3v) is 5.04. The van der Waals surface area contributed by atoms with Crippen molar-refractivity contribution in [2.45, 2.75) is 4.90 Å². The lowest BCUT2D eigenvalue weighted by molar-refractivity contribution is -0.112. The number of nitrogens with one attached hydrogen (secondary N) is 2. The third kappa shape index (κ3) is 4.69. The van der Waals surface area contributed by atoms with Crippen molar-refractivity contribution in [3.05, 3.63) is 58.5 Å². The average molecular weight is 384 g/mol. The molecule has 0 saturated carbocycles. The molecule has 0 spiro atoms. The van der Waals surface area contributed by atoms with Crippen LogP contribution < -0.4 is 15.4 Å². The second-order valence-corrected chi connectivity index (χ2v) is 6.88. The molecule has 0 fully saturated rings. The van der Waals surface area contributed by atoms with Gasteiger partial charge in [0, 0.05) is 24.1 Å². The molecule has 0 radical (unpaired) electrons. The summed E-state index contributed by atoms with van der Waals surface area (Å²) in [6.07, 6.45) is 1.83. The summed E-state index contributed by atoms with van der Waals surface area (Å²) in [5.41, 5.74) is 2.04. The van der Waals surface area contributed by atoms with Crippen LogP contribution in [0.4, 0.5) is 5.69 Å². The lowest BCUT2D eigenvalue weighted by Crippen LogP contribution is -2.27. The van der Waals surface area contributed by atoms with Gasteiger partial charge in [-0.3, -0.25) is 9.59 Å². The average Bonchev–Trinajstić information content (AvgIpc) is 2.69. The van der Waals surface area contributed by atoms with Gasteiger partial charge in [0.25, 0.3) is 11.8 Å². The molecule has 0 aromatic heterocycles. The van der Waals surface area contributed by atoms with Crippen molar-refractivity contribution >= 4 is 35.3 Å². The number of thioether (sulfide) groups is 1. The van der Waals surface area contributed by atoms with Crippen LogP contribution in [-0.2, 0) is 9.53 Å². The first-order valence-corrected chi connectivity index (χ1v) is 9.18. The first-order valence-electron chi connectivity index (χ1n) is 8.37. The molecule has 0 atom stereocenters. The molecule has 2 aromatic rings. The summed E-state index contributed by atoms with van der Waals surface area (Å²) in [4.78, 5) is 26.1. The highest BCUT2D eigenvalue weighted by Gasteiger charge is 2.22. The topological polar surface area (TPSA) is 76.7 Å². The number of fused-ring (bicyclic) bond motifs is 1. The Balaban J connectivity index is 1.76. The van der Waals surface area contributed by atoms with Crippen LogP contribution in [0.25, 0.3) is 6.08 Å². The van der Waals surface area contributed by atoms with Crippen LogP contribution in [0.3, 0.4) is 0 Å². The number of carbonyl (C=O) groups is 2. The van der Waals surface area contributed by atoms with Crippen molar-refractivity contribution in [2.24, 2.45) is 0 Å². The first kappa shape index (κ1) is 19.0. The monoisotopic (exact) mass is 384 g/mol. The number of amides is 2. The summed E-state index contributed by atoms with van der Waals surface area (Å²) in [5.74, 6) is 0.369. The molecule has 140 valence electrons. The van der Waals surface area contributed by atoms with Gasteiger partial charge in [0.1, 0.15) is 5.75 Å². The molecule has 2 amide bonds. The van der Waals surface area contributed by atoms with E-state index in [1.165, 1.54) is 11.8 Å². The summed E-state index contributed by atoms with van der Waals surface area (Å²) in [7, 11) is 3.19. The molecule has 27 heavy (non-hydrogen) atoms.